The molecule has 2 aromatic rings. The van der Waals surface area contributed by atoms with E-state index in [9.17, 15) is 31.9 Å². The highest BCUT2D eigenvalue weighted by molar-refractivity contribution is 5.88. The molecule has 4 rings (SSSR count). The van der Waals surface area contributed by atoms with Crippen LogP contribution in [-0.4, -0.2) is 54.6 Å². The van der Waals surface area contributed by atoms with Crippen LogP contribution in [0.2, 0.25) is 0 Å². The van der Waals surface area contributed by atoms with Crippen LogP contribution in [-0.2, 0) is 14.3 Å². The maximum atomic E-state index is 14.1. The fourth-order valence-electron chi connectivity index (χ4n) is 4.51. The summed E-state index contributed by atoms with van der Waals surface area (Å²) in [4.78, 5) is 35.3. The molecule has 2 aromatic carbocycles. The second-order valence-electron chi connectivity index (χ2n) is 8.49. The predicted octanol–water partition coefficient (Wildman–Crippen LogP) is 3.63. The molecule has 3 atom stereocenters. The number of carbonyl (C=O) groups excluding carboxylic acids is 2. The lowest BCUT2D eigenvalue weighted by molar-refractivity contribution is -0.143. The number of nitrogens with one attached hydrogen (secondary N) is 2. The summed E-state index contributed by atoms with van der Waals surface area (Å²) in [6.45, 7) is -0.632. The van der Waals surface area contributed by atoms with Crippen LogP contribution in [0, 0.1) is 11.8 Å². The van der Waals surface area contributed by atoms with E-state index in [1.54, 1.807) is 5.32 Å². The van der Waals surface area contributed by atoms with Crippen molar-refractivity contribution in [1.29, 1.82) is 0 Å². The molecule has 0 radical (unpaired) electrons. The lowest BCUT2D eigenvalue weighted by Crippen LogP contribution is -2.43. The number of hydrogen-bond acceptors (Lipinski definition) is 4. The first kappa shape index (κ1) is 24.5. The molecule has 0 bridgehead atoms. The van der Waals surface area contributed by atoms with E-state index in [2.05, 4.69) is 5.32 Å². The van der Waals surface area contributed by atoms with Gasteiger partial charge in [-0.3, -0.25) is 4.79 Å². The van der Waals surface area contributed by atoms with Crippen molar-refractivity contribution in [2.75, 3.05) is 13.2 Å². The summed E-state index contributed by atoms with van der Waals surface area (Å²) >= 11 is 0. The van der Waals surface area contributed by atoms with E-state index in [0.717, 1.165) is 22.3 Å². The number of fused-ring (bicyclic) bond motifs is 3. The average Bonchev–Trinajstić information content (AvgIpc) is 3.22. The minimum atomic E-state index is -3.52. The summed E-state index contributed by atoms with van der Waals surface area (Å²) < 4.78 is 58.4. The summed E-state index contributed by atoms with van der Waals surface area (Å²) in [5.74, 6) is -10.4. The van der Waals surface area contributed by atoms with Gasteiger partial charge in [0.25, 0.3) is 5.92 Å². The van der Waals surface area contributed by atoms with Crippen LogP contribution < -0.4 is 10.6 Å². The van der Waals surface area contributed by atoms with Crippen LogP contribution in [0.5, 0.6) is 0 Å². The molecule has 0 heterocycles. The monoisotopic (exact) mass is 494 g/mol. The maximum absolute atomic E-state index is 14.1. The summed E-state index contributed by atoms with van der Waals surface area (Å²) in [5.41, 5.74) is 4.00. The fraction of sp³-hybridized carbons (Fsp3) is 0.375. The normalized spacial score (nSPS) is 20.5. The van der Waals surface area contributed by atoms with Gasteiger partial charge in [0.2, 0.25) is 12.3 Å². The summed E-state index contributed by atoms with van der Waals surface area (Å²) in [6.07, 6.45) is -5.20. The third-order valence-corrected chi connectivity index (χ3v) is 6.32. The Morgan fingerprint density at radius 1 is 1.00 bits per heavy atom. The van der Waals surface area contributed by atoms with Gasteiger partial charge in [-0.2, -0.15) is 0 Å². The molecule has 0 saturated heterocycles. The van der Waals surface area contributed by atoms with Gasteiger partial charge in [-0.05, 0) is 22.3 Å². The summed E-state index contributed by atoms with van der Waals surface area (Å²) in [7, 11) is 0. The molecule has 0 spiro atoms. The number of ether oxygens (including phenoxy) is 1. The Kier molecular flexibility index (Phi) is 6.68. The molecule has 11 heteroatoms. The standard InChI is InChI=1S/C24H22F4N2O5/c25-19(26)9-18(22(32)33)30-21(31)20-17(24(20,27)28)10-29-23(34)35-11-16-14-7-3-1-5-12(14)13-6-2-4-8-15(13)16/h1-8,16-20H,9-11H2,(H,29,34)(H,30,31)(H,32,33)/t17-,18?,20-/m0/s1. The van der Waals surface area contributed by atoms with Gasteiger partial charge in [0.15, 0.2) is 0 Å². The van der Waals surface area contributed by atoms with Gasteiger partial charge < -0.3 is 20.5 Å². The Balaban J connectivity index is 1.31. The smallest absolute Gasteiger partial charge is 0.407 e. The summed E-state index contributed by atoms with van der Waals surface area (Å²) in [5, 5.41) is 12.8. The third-order valence-electron chi connectivity index (χ3n) is 6.32. The van der Waals surface area contributed by atoms with Crippen molar-refractivity contribution < 1.29 is 41.8 Å². The van der Waals surface area contributed by atoms with Crippen molar-refractivity contribution in [1.82, 2.24) is 10.6 Å². The topological polar surface area (TPSA) is 105 Å². The zero-order valence-corrected chi connectivity index (χ0v) is 18.2. The van der Waals surface area contributed by atoms with Crippen LogP contribution in [0.4, 0.5) is 22.4 Å². The van der Waals surface area contributed by atoms with E-state index in [0.29, 0.717) is 0 Å². The Morgan fingerprint density at radius 2 is 1.57 bits per heavy atom. The Hall–Kier alpha value is -3.63. The largest absolute Gasteiger partial charge is 0.480 e. The number of alkyl halides is 4. The van der Waals surface area contributed by atoms with Gasteiger partial charge >= 0.3 is 12.1 Å². The molecule has 2 aliphatic carbocycles. The van der Waals surface area contributed by atoms with Gasteiger partial charge in [0, 0.05) is 18.9 Å². The molecule has 186 valence electrons. The SMILES string of the molecule is O=C(NC[C@H]1[C@@H](C(=O)NC(CC(F)F)C(=O)O)C1(F)F)OCC1c2ccccc2-c2ccccc21. The highest BCUT2D eigenvalue weighted by Gasteiger charge is 2.71. The van der Waals surface area contributed by atoms with Gasteiger partial charge in [0.05, 0.1) is 5.92 Å². The highest BCUT2D eigenvalue weighted by Crippen LogP contribution is 2.55. The number of rotatable bonds is 9. The molecule has 1 saturated carbocycles. The van der Waals surface area contributed by atoms with Crippen molar-refractivity contribution in [3.8, 4) is 11.1 Å². The van der Waals surface area contributed by atoms with Gasteiger partial charge in [0.1, 0.15) is 18.6 Å². The number of aliphatic carboxylic acids is 1. The molecule has 1 unspecified atom stereocenters. The first-order chi connectivity index (χ1) is 16.6. The van der Waals surface area contributed by atoms with Crippen molar-refractivity contribution in [2.45, 2.75) is 30.7 Å². The second-order valence-corrected chi connectivity index (χ2v) is 8.49. The number of carboxylic acid groups (broad SMARTS) is 1. The van der Waals surface area contributed by atoms with Crippen LogP contribution in [0.25, 0.3) is 11.1 Å². The second kappa shape index (κ2) is 9.55. The van der Waals surface area contributed by atoms with Gasteiger partial charge in [-0.15, -0.1) is 0 Å². The molecule has 3 N–H and O–H groups in total. The molecular weight excluding hydrogens is 472 g/mol. The van der Waals surface area contributed by atoms with Crippen molar-refractivity contribution >= 4 is 18.0 Å². The Bertz CT molecular complexity index is 1100. The maximum Gasteiger partial charge on any atom is 0.407 e. The summed E-state index contributed by atoms with van der Waals surface area (Å²) in [6, 6.07) is 13.3. The van der Waals surface area contributed by atoms with Crippen molar-refractivity contribution in [3.05, 3.63) is 59.7 Å². The number of carboxylic acids is 1. The molecule has 2 aliphatic rings. The fourth-order valence-corrected chi connectivity index (χ4v) is 4.51. The van der Waals surface area contributed by atoms with Gasteiger partial charge in [-0.1, -0.05) is 48.5 Å². The van der Waals surface area contributed by atoms with E-state index in [-0.39, 0.29) is 12.5 Å². The molecule has 35 heavy (non-hydrogen) atoms. The van der Waals surface area contributed by atoms with E-state index in [1.165, 1.54) is 0 Å². The molecule has 7 nitrogen and oxygen atoms in total. The van der Waals surface area contributed by atoms with E-state index >= 15 is 0 Å². The quantitative estimate of drug-likeness (QED) is 0.462. The van der Waals surface area contributed by atoms with Crippen molar-refractivity contribution in [2.24, 2.45) is 11.8 Å². The Labute approximate surface area is 197 Å². The third kappa shape index (κ3) is 4.94. The predicted molar refractivity (Wildman–Crippen MR) is 115 cm³/mol. The van der Waals surface area contributed by atoms with Crippen LogP contribution in [0.3, 0.4) is 0 Å². The minimum absolute atomic E-state index is 0.0290. The van der Waals surface area contributed by atoms with Crippen LogP contribution in [0.1, 0.15) is 23.5 Å². The molecule has 2 amide bonds. The van der Waals surface area contributed by atoms with E-state index in [1.807, 2.05) is 48.5 Å². The Morgan fingerprint density at radius 3 is 2.11 bits per heavy atom. The average molecular weight is 494 g/mol. The van der Waals surface area contributed by atoms with Crippen LogP contribution >= 0.6 is 0 Å². The molecule has 0 aromatic heterocycles. The number of halogens is 4. The zero-order chi connectivity index (χ0) is 25.3. The number of amides is 2. The number of benzene rings is 2. The number of carbonyl (C=O) groups is 3. The number of alkyl carbamates (subject to hydrolysis) is 1. The molecule has 0 aliphatic heterocycles. The lowest BCUT2D eigenvalue weighted by atomic mass is 9.98. The lowest BCUT2D eigenvalue weighted by Gasteiger charge is -2.14. The minimum Gasteiger partial charge on any atom is -0.480 e. The van der Waals surface area contributed by atoms with Crippen molar-refractivity contribution in [3.63, 3.8) is 0 Å². The van der Waals surface area contributed by atoms with Gasteiger partial charge in [-0.25, -0.2) is 27.2 Å². The highest BCUT2D eigenvalue weighted by atomic mass is 19.3. The molecule has 1 fully saturated rings. The first-order valence-electron chi connectivity index (χ1n) is 10.9. The number of hydrogen-bond donors (Lipinski definition) is 3. The van der Waals surface area contributed by atoms with Crippen LogP contribution in [0.15, 0.2) is 48.5 Å². The van der Waals surface area contributed by atoms with E-state index < -0.39 is 61.2 Å². The van der Waals surface area contributed by atoms with E-state index in [4.69, 9.17) is 9.84 Å². The first-order valence-corrected chi connectivity index (χ1v) is 10.9. The zero-order valence-electron chi connectivity index (χ0n) is 18.2. The molecular formula is C24H22F4N2O5.